The number of halogens is 2. The van der Waals surface area contributed by atoms with Gasteiger partial charge in [0.25, 0.3) is 0 Å². The number of hydrogen-bond donors (Lipinski definition) is 2. The van der Waals surface area contributed by atoms with Crippen LogP contribution in [0.4, 0.5) is 20.2 Å². The number of fused-ring (bicyclic) bond motifs is 1. The molecule has 1 aliphatic rings. The summed E-state index contributed by atoms with van der Waals surface area (Å²) in [6, 6.07) is 11.0. The molecule has 0 aromatic heterocycles. The van der Waals surface area contributed by atoms with Crippen LogP contribution in [0, 0.1) is 17.0 Å². The Kier molecular flexibility index (Phi) is 3.35. The van der Waals surface area contributed by atoms with Crippen LogP contribution in [-0.2, 0) is 4.79 Å². The van der Waals surface area contributed by atoms with Crippen molar-refractivity contribution in [3.05, 3.63) is 59.7 Å². The largest absolute Gasteiger partial charge is 0.377 e. The molecule has 5 heteroatoms. The highest BCUT2D eigenvalue weighted by Crippen LogP contribution is 2.44. The molecule has 2 aromatic rings. The van der Waals surface area contributed by atoms with Gasteiger partial charge in [0, 0.05) is 23.0 Å². The first kappa shape index (κ1) is 14.5. The molecule has 0 bridgehead atoms. The Labute approximate surface area is 127 Å². The van der Waals surface area contributed by atoms with Gasteiger partial charge < -0.3 is 10.6 Å². The van der Waals surface area contributed by atoms with Gasteiger partial charge in [-0.25, -0.2) is 8.78 Å². The Bertz CT molecular complexity index is 729. The third kappa shape index (κ3) is 2.32. The Morgan fingerprint density at radius 2 is 1.73 bits per heavy atom. The first-order valence-corrected chi connectivity index (χ1v) is 7.01. The van der Waals surface area contributed by atoms with E-state index in [0.717, 1.165) is 17.8 Å². The van der Waals surface area contributed by atoms with Crippen molar-refractivity contribution in [2.75, 3.05) is 10.6 Å². The number of hydrogen-bond acceptors (Lipinski definition) is 2. The van der Waals surface area contributed by atoms with Gasteiger partial charge in [-0.3, -0.25) is 4.79 Å². The normalized spacial score (nSPS) is 19.3. The van der Waals surface area contributed by atoms with Crippen molar-refractivity contribution in [2.45, 2.75) is 19.9 Å². The lowest BCUT2D eigenvalue weighted by Gasteiger charge is -2.39. The van der Waals surface area contributed by atoms with E-state index in [9.17, 15) is 13.6 Å². The highest BCUT2D eigenvalue weighted by atomic mass is 19.2. The molecule has 3 rings (SSSR count). The average molecular weight is 302 g/mol. The second kappa shape index (κ2) is 5.09. The molecule has 0 radical (unpaired) electrons. The SMILES string of the molecule is CC1(C)C(=O)Nc2cc(F)c(F)cc2C1Nc1ccccc1. The van der Waals surface area contributed by atoms with Crippen molar-refractivity contribution in [3.63, 3.8) is 0 Å². The van der Waals surface area contributed by atoms with Gasteiger partial charge in [0.05, 0.1) is 11.5 Å². The van der Waals surface area contributed by atoms with E-state index in [4.69, 9.17) is 0 Å². The number of amides is 1. The molecule has 0 fully saturated rings. The Balaban J connectivity index is 2.10. The lowest BCUT2D eigenvalue weighted by molar-refractivity contribution is -0.125. The van der Waals surface area contributed by atoms with Crippen LogP contribution in [-0.4, -0.2) is 5.91 Å². The van der Waals surface area contributed by atoms with Crippen molar-refractivity contribution < 1.29 is 13.6 Å². The van der Waals surface area contributed by atoms with E-state index < -0.39 is 23.1 Å². The van der Waals surface area contributed by atoms with E-state index in [2.05, 4.69) is 10.6 Å². The van der Waals surface area contributed by atoms with Crippen LogP contribution >= 0.6 is 0 Å². The molecule has 0 saturated heterocycles. The van der Waals surface area contributed by atoms with Crippen molar-refractivity contribution in [2.24, 2.45) is 5.41 Å². The second-order valence-corrected chi connectivity index (χ2v) is 5.97. The molecule has 22 heavy (non-hydrogen) atoms. The fraction of sp³-hybridized carbons (Fsp3) is 0.235. The van der Waals surface area contributed by atoms with Crippen molar-refractivity contribution in [1.29, 1.82) is 0 Å². The number of para-hydroxylation sites is 1. The molecule has 1 heterocycles. The van der Waals surface area contributed by atoms with Gasteiger partial charge in [-0.15, -0.1) is 0 Å². The van der Waals surface area contributed by atoms with Gasteiger partial charge in [-0.05, 0) is 32.0 Å². The number of nitrogens with one attached hydrogen (secondary N) is 2. The summed E-state index contributed by atoms with van der Waals surface area (Å²) in [6.07, 6.45) is 0. The smallest absolute Gasteiger partial charge is 0.232 e. The summed E-state index contributed by atoms with van der Waals surface area (Å²) < 4.78 is 27.1. The Hall–Kier alpha value is -2.43. The highest BCUT2D eigenvalue weighted by molar-refractivity contribution is 5.99. The third-order valence-corrected chi connectivity index (χ3v) is 4.04. The average Bonchev–Trinajstić information content (AvgIpc) is 2.48. The second-order valence-electron chi connectivity index (χ2n) is 5.97. The molecule has 114 valence electrons. The first-order chi connectivity index (χ1) is 10.4. The summed E-state index contributed by atoms with van der Waals surface area (Å²) >= 11 is 0. The summed E-state index contributed by atoms with van der Waals surface area (Å²) in [7, 11) is 0. The molecular weight excluding hydrogens is 286 g/mol. The number of rotatable bonds is 2. The zero-order valence-corrected chi connectivity index (χ0v) is 12.3. The zero-order valence-electron chi connectivity index (χ0n) is 12.3. The topological polar surface area (TPSA) is 41.1 Å². The fourth-order valence-corrected chi connectivity index (χ4v) is 2.67. The van der Waals surface area contributed by atoms with Crippen molar-refractivity contribution in [1.82, 2.24) is 0 Å². The van der Waals surface area contributed by atoms with Crippen LogP contribution in [0.5, 0.6) is 0 Å². The first-order valence-electron chi connectivity index (χ1n) is 7.01. The molecule has 0 saturated carbocycles. The maximum Gasteiger partial charge on any atom is 0.232 e. The predicted octanol–water partition coefficient (Wildman–Crippen LogP) is 4.10. The van der Waals surface area contributed by atoms with Gasteiger partial charge in [0.15, 0.2) is 11.6 Å². The summed E-state index contributed by atoms with van der Waals surface area (Å²) in [5.41, 5.74) is 0.836. The number of anilines is 2. The zero-order chi connectivity index (χ0) is 15.9. The van der Waals surface area contributed by atoms with Gasteiger partial charge in [0.2, 0.25) is 5.91 Å². The molecule has 3 nitrogen and oxygen atoms in total. The molecule has 1 amide bonds. The molecule has 1 aliphatic heterocycles. The molecular formula is C17H16F2N2O. The minimum Gasteiger partial charge on any atom is -0.377 e. The van der Waals surface area contributed by atoms with E-state index in [1.807, 2.05) is 30.3 Å². The molecule has 0 spiro atoms. The maximum atomic E-state index is 13.7. The van der Waals surface area contributed by atoms with E-state index in [0.29, 0.717) is 11.3 Å². The summed E-state index contributed by atoms with van der Waals surface area (Å²) in [5, 5.41) is 5.90. The number of benzene rings is 2. The third-order valence-electron chi connectivity index (χ3n) is 4.04. The Morgan fingerprint density at radius 1 is 1.09 bits per heavy atom. The molecule has 1 unspecified atom stereocenters. The monoisotopic (exact) mass is 302 g/mol. The highest BCUT2D eigenvalue weighted by Gasteiger charge is 2.43. The van der Waals surface area contributed by atoms with E-state index in [1.54, 1.807) is 13.8 Å². The van der Waals surface area contributed by atoms with E-state index in [1.165, 1.54) is 0 Å². The summed E-state index contributed by atoms with van der Waals surface area (Å²) in [4.78, 5) is 12.3. The number of carbonyl (C=O) groups excluding carboxylic acids is 1. The predicted molar refractivity (Wildman–Crippen MR) is 81.6 cm³/mol. The van der Waals surface area contributed by atoms with Gasteiger partial charge >= 0.3 is 0 Å². The number of carbonyl (C=O) groups is 1. The Morgan fingerprint density at radius 3 is 2.41 bits per heavy atom. The molecule has 2 N–H and O–H groups in total. The van der Waals surface area contributed by atoms with Crippen LogP contribution in [0.15, 0.2) is 42.5 Å². The minimum absolute atomic E-state index is 0.237. The van der Waals surface area contributed by atoms with Crippen LogP contribution in [0.3, 0.4) is 0 Å². The fourth-order valence-electron chi connectivity index (χ4n) is 2.67. The van der Waals surface area contributed by atoms with Crippen molar-refractivity contribution >= 4 is 17.3 Å². The van der Waals surface area contributed by atoms with Gasteiger partial charge in [-0.1, -0.05) is 18.2 Å². The van der Waals surface area contributed by atoms with E-state index in [-0.39, 0.29) is 5.91 Å². The molecule has 2 aromatic carbocycles. The lowest BCUT2D eigenvalue weighted by Crippen LogP contribution is -2.43. The van der Waals surface area contributed by atoms with Crippen molar-refractivity contribution in [3.8, 4) is 0 Å². The van der Waals surface area contributed by atoms with Crippen LogP contribution in [0.25, 0.3) is 0 Å². The maximum absolute atomic E-state index is 13.7. The quantitative estimate of drug-likeness (QED) is 0.877. The van der Waals surface area contributed by atoms with Crippen LogP contribution in [0.1, 0.15) is 25.5 Å². The van der Waals surface area contributed by atoms with Crippen LogP contribution in [0.2, 0.25) is 0 Å². The summed E-state index contributed by atoms with van der Waals surface area (Å²) in [6.45, 7) is 3.54. The summed E-state index contributed by atoms with van der Waals surface area (Å²) in [5.74, 6) is -2.14. The van der Waals surface area contributed by atoms with Gasteiger partial charge in [0.1, 0.15) is 0 Å². The minimum atomic E-state index is -0.975. The lowest BCUT2D eigenvalue weighted by atomic mass is 9.76. The molecule has 1 atom stereocenters. The molecule has 0 aliphatic carbocycles. The van der Waals surface area contributed by atoms with E-state index >= 15 is 0 Å². The standard InChI is InChI=1S/C17H16F2N2O/c1-17(2)15(20-10-6-4-3-5-7-10)11-8-12(18)13(19)9-14(11)21-16(17)22/h3-9,15,20H,1-2H3,(H,21,22). The van der Waals surface area contributed by atoms with Crippen LogP contribution < -0.4 is 10.6 Å². The van der Waals surface area contributed by atoms with Gasteiger partial charge in [-0.2, -0.15) is 0 Å².